The van der Waals surface area contributed by atoms with E-state index in [0.717, 1.165) is 42.8 Å². The van der Waals surface area contributed by atoms with Crippen LogP contribution in [0, 0.1) is 6.92 Å². The van der Waals surface area contributed by atoms with Crippen molar-refractivity contribution in [1.82, 2.24) is 24.8 Å². The molecule has 0 amide bonds. The Morgan fingerprint density at radius 3 is 3.00 bits per heavy atom. The van der Waals surface area contributed by atoms with Crippen LogP contribution in [-0.4, -0.2) is 37.9 Å². The number of aromatic amines is 1. The van der Waals surface area contributed by atoms with Gasteiger partial charge in [-0.15, -0.1) is 0 Å². The van der Waals surface area contributed by atoms with E-state index in [1.165, 1.54) is 18.4 Å². The monoisotopic (exact) mass is 348 g/mol. The summed E-state index contributed by atoms with van der Waals surface area (Å²) in [6.07, 6.45) is 8.00. The Balaban J connectivity index is 1.45. The summed E-state index contributed by atoms with van der Waals surface area (Å²) >= 11 is 0. The molecule has 1 fully saturated rings. The predicted octanol–water partition coefficient (Wildman–Crippen LogP) is 3.63. The Morgan fingerprint density at radius 2 is 2.15 bits per heavy atom. The number of piperidine rings is 1. The summed E-state index contributed by atoms with van der Waals surface area (Å²) in [6.45, 7) is 5.05. The lowest BCUT2D eigenvalue weighted by Gasteiger charge is -2.32. The predicted molar refractivity (Wildman–Crippen MR) is 102 cm³/mol. The third kappa shape index (κ3) is 4.08. The van der Waals surface area contributed by atoms with Crippen LogP contribution >= 0.6 is 0 Å². The van der Waals surface area contributed by atoms with Gasteiger partial charge in [-0.3, -0.25) is 4.90 Å². The van der Waals surface area contributed by atoms with Gasteiger partial charge in [0, 0.05) is 30.8 Å². The van der Waals surface area contributed by atoms with E-state index >= 15 is 0 Å². The highest BCUT2D eigenvalue weighted by molar-refractivity contribution is 5.52. The molecule has 4 rings (SSSR count). The molecule has 0 aliphatic carbocycles. The molecule has 3 aromatic heterocycles. The summed E-state index contributed by atoms with van der Waals surface area (Å²) in [7, 11) is 0. The Kier molecular flexibility index (Phi) is 4.93. The summed E-state index contributed by atoms with van der Waals surface area (Å²) in [4.78, 5) is 19.0. The zero-order valence-electron chi connectivity index (χ0n) is 15.0. The van der Waals surface area contributed by atoms with Gasteiger partial charge in [-0.25, -0.2) is 15.0 Å². The average Bonchev–Trinajstić information content (AvgIpc) is 3.15. The van der Waals surface area contributed by atoms with Crippen LogP contribution in [-0.2, 0) is 6.54 Å². The second kappa shape index (κ2) is 7.66. The molecule has 26 heavy (non-hydrogen) atoms. The van der Waals surface area contributed by atoms with Gasteiger partial charge in [-0.2, -0.15) is 0 Å². The van der Waals surface area contributed by atoms with Crippen LogP contribution in [0.25, 0.3) is 0 Å². The normalized spacial score (nSPS) is 18.0. The van der Waals surface area contributed by atoms with Crippen LogP contribution in [0.4, 0.5) is 11.6 Å². The van der Waals surface area contributed by atoms with Crippen molar-refractivity contribution in [1.29, 1.82) is 0 Å². The van der Waals surface area contributed by atoms with Crippen LogP contribution in [0.1, 0.15) is 35.8 Å². The van der Waals surface area contributed by atoms with Crippen LogP contribution in [0.2, 0.25) is 0 Å². The lowest BCUT2D eigenvalue weighted by Crippen LogP contribution is -2.34. The minimum absolute atomic E-state index is 0.521. The number of hydrogen-bond donors (Lipinski definition) is 2. The number of aryl methyl sites for hydroxylation is 1. The van der Waals surface area contributed by atoms with Gasteiger partial charge in [0.15, 0.2) is 0 Å². The first-order chi connectivity index (χ1) is 12.8. The fourth-order valence-electron chi connectivity index (χ4n) is 3.58. The number of rotatable bonds is 5. The molecule has 0 aromatic carbocycles. The van der Waals surface area contributed by atoms with Gasteiger partial charge in [0.05, 0.1) is 6.54 Å². The molecule has 3 aromatic rings. The van der Waals surface area contributed by atoms with Gasteiger partial charge < -0.3 is 10.3 Å². The van der Waals surface area contributed by atoms with Gasteiger partial charge in [0.2, 0.25) is 0 Å². The van der Waals surface area contributed by atoms with Gasteiger partial charge in [-0.05, 0) is 62.1 Å². The van der Waals surface area contributed by atoms with Crippen molar-refractivity contribution in [3.8, 4) is 0 Å². The van der Waals surface area contributed by atoms with Gasteiger partial charge in [-0.1, -0.05) is 6.07 Å². The van der Waals surface area contributed by atoms with E-state index in [9.17, 15) is 0 Å². The first-order valence-corrected chi connectivity index (χ1v) is 9.13. The van der Waals surface area contributed by atoms with Crippen LogP contribution in [0.5, 0.6) is 0 Å². The molecule has 0 bridgehead atoms. The van der Waals surface area contributed by atoms with Gasteiger partial charge >= 0.3 is 0 Å². The summed E-state index contributed by atoms with van der Waals surface area (Å²) in [5.74, 6) is 3.24. The Labute approximate surface area is 153 Å². The third-order valence-corrected chi connectivity index (χ3v) is 4.83. The molecule has 1 atom stereocenters. The molecule has 0 saturated carbocycles. The summed E-state index contributed by atoms with van der Waals surface area (Å²) in [5.41, 5.74) is 2.33. The number of imidazole rings is 1. The molecule has 6 heteroatoms. The highest BCUT2D eigenvalue weighted by Crippen LogP contribution is 2.28. The van der Waals surface area contributed by atoms with E-state index in [1.807, 2.05) is 43.7 Å². The zero-order chi connectivity index (χ0) is 17.8. The van der Waals surface area contributed by atoms with E-state index in [4.69, 9.17) is 0 Å². The average molecular weight is 348 g/mol. The maximum atomic E-state index is 4.49. The number of pyridine rings is 2. The number of nitrogens with one attached hydrogen (secondary N) is 2. The standard InChI is InChI=1S/C20H24N6/c1-15-4-2-6-18(24-15)25-19-12-16(7-8-21-19)17-5-3-11-26(13-17)14-20-22-9-10-23-20/h2,4,6-10,12,17H,3,5,11,13-14H2,1H3,(H,22,23)(H,21,24,25)/t17-/m0/s1. The first-order valence-electron chi connectivity index (χ1n) is 9.13. The molecule has 1 saturated heterocycles. The summed E-state index contributed by atoms with van der Waals surface area (Å²) in [6, 6.07) is 10.3. The lowest BCUT2D eigenvalue weighted by atomic mass is 9.91. The summed E-state index contributed by atoms with van der Waals surface area (Å²) in [5, 5.41) is 3.32. The zero-order valence-corrected chi connectivity index (χ0v) is 15.0. The van der Waals surface area contributed by atoms with E-state index in [2.05, 4.69) is 42.3 Å². The van der Waals surface area contributed by atoms with E-state index < -0.39 is 0 Å². The van der Waals surface area contributed by atoms with Gasteiger partial charge in [0.1, 0.15) is 17.5 Å². The van der Waals surface area contributed by atoms with Crippen LogP contribution in [0.3, 0.4) is 0 Å². The summed E-state index contributed by atoms with van der Waals surface area (Å²) < 4.78 is 0. The molecule has 4 heterocycles. The maximum absolute atomic E-state index is 4.49. The van der Waals surface area contributed by atoms with E-state index in [-0.39, 0.29) is 0 Å². The number of likely N-dealkylation sites (tertiary alicyclic amines) is 1. The number of nitrogens with zero attached hydrogens (tertiary/aromatic N) is 4. The van der Waals surface area contributed by atoms with Crippen molar-refractivity contribution in [3.05, 3.63) is 66.0 Å². The van der Waals surface area contributed by atoms with E-state index in [1.54, 1.807) is 0 Å². The highest BCUT2D eigenvalue weighted by atomic mass is 15.2. The van der Waals surface area contributed by atoms with E-state index in [0.29, 0.717) is 5.92 Å². The molecule has 134 valence electrons. The first kappa shape index (κ1) is 16.7. The molecule has 0 radical (unpaired) electrons. The lowest BCUT2D eigenvalue weighted by molar-refractivity contribution is 0.196. The molecule has 0 spiro atoms. The number of H-pyrrole nitrogens is 1. The topological polar surface area (TPSA) is 69.7 Å². The molecule has 1 aliphatic rings. The van der Waals surface area contributed by atoms with Crippen LogP contribution < -0.4 is 5.32 Å². The second-order valence-electron chi connectivity index (χ2n) is 6.87. The SMILES string of the molecule is Cc1cccc(Nc2cc([C@H]3CCCN(Cc4ncc[nH]4)C3)ccn2)n1. The fraction of sp³-hybridized carbons (Fsp3) is 0.350. The number of hydrogen-bond acceptors (Lipinski definition) is 5. The number of aromatic nitrogens is 4. The quantitative estimate of drug-likeness (QED) is 0.737. The number of anilines is 2. The molecule has 0 unspecified atom stereocenters. The Hall–Kier alpha value is -2.73. The third-order valence-electron chi connectivity index (χ3n) is 4.83. The molecular formula is C20H24N6. The van der Waals surface area contributed by atoms with Crippen molar-refractivity contribution in [2.45, 2.75) is 32.2 Å². The minimum Gasteiger partial charge on any atom is -0.348 e. The second-order valence-corrected chi connectivity index (χ2v) is 6.87. The molecule has 2 N–H and O–H groups in total. The van der Waals surface area contributed by atoms with Crippen molar-refractivity contribution >= 4 is 11.6 Å². The Bertz CT molecular complexity index is 845. The smallest absolute Gasteiger partial charge is 0.131 e. The Morgan fingerprint density at radius 1 is 1.19 bits per heavy atom. The largest absolute Gasteiger partial charge is 0.348 e. The minimum atomic E-state index is 0.521. The fourth-order valence-corrected chi connectivity index (χ4v) is 3.58. The maximum Gasteiger partial charge on any atom is 0.131 e. The molecular weight excluding hydrogens is 324 g/mol. The van der Waals surface area contributed by atoms with Crippen molar-refractivity contribution in [3.63, 3.8) is 0 Å². The van der Waals surface area contributed by atoms with Crippen molar-refractivity contribution in [2.75, 3.05) is 18.4 Å². The molecule has 6 nitrogen and oxygen atoms in total. The molecule has 1 aliphatic heterocycles. The highest BCUT2D eigenvalue weighted by Gasteiger charge is 2.22. The van der Waals surface area contributed by atoms with Crippen molar-refractivity contribution in [2.24, 2.45) is 0 Å². The van der Waals surface area contributed by atoms with Crippen LogP contribution in [0.15, 0.2) is 48.9 Å². The van der Waals surface area contributed by atoms with Crippen molar-refractivity contribution < 1.29 is 0 Å². The van der Waals surface area contributed by atoms with Gasteiger partial charge in [0.25, 0.3) is 0 Å².